The van der Waals surface area contributed by atoms with Gasteiger partial charge in [-0.3, -0.25) is 0 Å². The maximum Gasteiger partial charge on any atom is 0.101 e. The van der Waals surface area contributed by atoms with Crippen molar-refractivity contribution >= 4 is 11.4 Å². The standard InChI is InChI=1S/C14H22N4/c1-4-7-18(9-8-17(2)3)14-6-5-13(16)10-12(14)11-15/h5-6,10H,4,7-9,16H2,1-3H3. The summed E-state index contributed by atoms with van der Waals surface area (Å²) in [5, 5.41) is 9.19. The van der Waals surface area contributed by atoms with Gasteiger partial charge in [-0.1, -0.05) is 6.92 Å². The van der Waals surface area contributed by atoms with Crippen LogP contribution in [0.4, 0.5) is 11.4 Å². The van der Waals surface area contributed by atoms with Crippen LogP contribution in [0.2, 0.25) is 0 Å². The molecule has 0 bridgehead atoms. The zero-order valence-electron chi connectivity index (χ0n) is 11.5. The number of nitrogens with zero attached hydrogens (tertiary/aromatic N) is 3. The molecule has 0 aliphatic heterocycles. The van der Waals surface area contributed by atoms with Crippen molar-refractivity contribution < 1.29 is 0 Å². The number of rotatable bonds is 6. The van der Waals surface area contributed by atoms with Gasteiger partial charge in [0.15, 0.2) is 0 Å². The monoisotopic (exact) mass is 246 g/mol. The molecule has 0 heterocycles. The van der Waals surface area contributed by atoms with Crippen LogP contribution >= 0.6 is 0 Å². The molecular formula is C14H22N4. The van der Waals surface area contributed by atoms with Crippen LogP contribution in [0.5, 0.6) is 0 Å². The molecule has 1 aromatic rings. The van der Waals surface area contributed by atoms with Crippen LogP contribution in [0, 0.1) is 11.3 Å². The number of nitriles is 1. The second-order valence-corrected chi connectivity index (χ2v) is 4.68. The lowest BCUT2D eigenvalue weighted by Gasteiger charge is -2.27. The van der Waals surface area contributed by atoms with Crippen LogP contribution < -0.4 is 10.6 Å². The Morgan fingerprint density at radius 2 is 1.94 bits per heavy atom. The second-order valence-electron chi connectivity index (χ2n) is 4.68. The SMILES string of the molecule is CCCN(CCN(C)C)c1ccc(N)cc1C#N. The van der Waals surface area contributed by atoms with E-state index in [9.17, 15) is 5.26 Å². The van der Waals surface area contributed by atoms with Crippen molar-refractivity contribution in [1.82, 2.24) is 4.90 Å². The number of nitrogens with two attached hydrogens (primary N) is 1. The van der Waals surface area contributed by atoms with E-state index in [0.29, 0.717) is 11.3 Å². The lowest BCUT2D eigenvalue weighted by atomic mass is 10.1. The predicted molar refractivity (Wildman–Crippen MR) is 76.6 cm³/mol. The summed E-state index contributed by atoms with van der Waals surface area (Å²) >= 11 is 0. The highest BCUT2D eigenvalue weighted by molar-refractivity contribution is 5.64. The summed E-state index contributed by atoms with van der Waals surface area (Å²) in [7, 11) is 4.11. The average molecular weight is 246 g/mol. The maximum atomic E-state index is 9.19. The van der Waals surface area contributed by atoms with Crippen LogP contribution in [-0.2, 0) is 0 Å². The average Bonchev–Trinajstić information content (AvgIpc) is 2.34. The number of hydrogen-bond acceptors (Lipinski definition) is 4. The summed E-state index contributed by atoms with van der Waals surface area (Å²) in [6.45, 7) is 4.98. The molecule has 0 saturated carbocycles. The Hall–Kier alpha value is -1.73. The molecule has 0 aromatic heterocycles. The third kappa shape index (κ3) is 3.94. The van der Waals surface area contributed by atoms with Crippen LogP contribution in [-0.4, -0.2) is 38.6 Å². The Morgan fingerprint density at radius 1 is 1.22 bits per heavy atom. The highest BCUT2D eigenvalue weighted by Gasteiger charge is 2.11. The van der Waals surface area contributed by atoms with E-state index in [4.69, 9.17) is 5.73 Å². The van der Waals surface area contributed by atoms with Gasteiger partial charge >= 0.3 is 0 Å². The molecule has 0 aliphatic rings. The molecule has 0 atom stereocenters. The van der Waals surface area contributed by atoms with E-state index in [1.807, 2.05) is 12.1 Å². The van der Waals surface area contributed by atoms with Gasteiger partial charge in [0.1, 0.15) is 6.07 Å². The first-order valence-corrected chi connectivity index (χ1v) is 6.27. The zero-order chi connectivity index (χ0) is 13.5. The summed E-state index contributed by atoms with van der Waals surface area (Å²) in [5.74, 6) is 0. The van der Waals surface area contributed by atoms with Gasteiger partial charge in [0, 0.05) is 25.3 Å². The normalized spacial score (nSPS) is 10.4. The molecule has 1 aromatic carbocycles. The predicted octanol–water partition coefficient (Wildman–Crippen LogP) is 1.92. The minimum Gasteiger partial charge on any atom is -0.399 e. The third-order valence-corrected chi connectivity index (χ3v) is 2.79. The van der Waals surface area contributed by atoms with Gasteiger partial charge in [-0.2, -0.15) is 5.26 Å². The van der Waals surface area contributed by atoms with Gasteiger partial charge in [0.05, 0.1) is 11.3 Å². The Balaban J connectivity index is 2.94. The summed E-state index contributed by atoms with van der Waals surface area (Å²) < 4.78 is 0. The van der Waals surface area contributed by atoms with Crippen molar-refractivity contribution in [1.29, 1.82) is 5.26 Å². The van der Waals surface area contributed by atoms with E-state index in [1.54, 1.807) is 6.07 Å². The first-order chi connectivity index (χ1) is 8.58. The van der Waals surface area contributed by atoms with Crippen molar-refractivity contribution in [3.8, 4) is 6.07 Å². The Bertz CT molecular complexity index is 420. The van der Waals surface area contributed by atoms with Gasteiger partial charge in [-0.05, 0) is 38.7 Å². The number of anilines is 2. The summed E-state index contributed by atoms with van der Waals surface area (Å²) in [6, 6.07) is 7.77. The van der Waals surface area contributed by atoms with Gasteiger partial charge < -0.3 is 15.5 Å². The van der Waals surface area contributed by atoms with Crippen molar-refractivity contribution in [2.75, 3.05) is 44.4 Å². The number of hydrogen-bond donors (Lipinski definition) is 1. The molecule has 18 heavy (non-hydrogen) atoms. The fraction of sp³-hybridized carbons (Fsp3) is 0.500. The van der Waals surface area contributed by atoms with E-state index in [1.165, 1.54) is 0 Å². The smallest absolute Gasteiger partial charge is 0.101 e. The van der Waals surface area contributed by atoms with Crippen LogP contribution in [0.1, 0.15) is 18.9 Å². The maximum absolute atomic E-state index is 9.19. The molecule has 0 radical (unpaired) electrons. The van der Waals surface area contributed by atoms with Crippen LogP contribution in [0.25, 0.3) is 0 Å². The molecule has 0 amide bonds. The molecule has 0 spiro atoms. The molecule has 0 unspecified atom stereocenters. The second kappa shape index (κ2) is 6.87. The molecule has 4 heteroatoms. The molecule has 1 rings (SSSR count). The van der Waals surface area contributed by atoms with Crippen LogP contribution in [0.3, 0.4) is 0 Å². The zero-order valence-corrected chi connectivity index (χ0v) is 11.5. The fourth-order valence-electron chi connectivity index (χ4n) is 1.86. The molecule has 0 saturated heterocycles. The third-order valence-electron chi connectivity index (χ3n) is 2.79. The largest absolute Gasteiger partial charge is 0.399 e. The lowest BCUT2D eigenvalue weighted by molar-refractivity contribution is 0.413. The summed E-state index contributed by atoms with van der Waals surface area (Å²) in [5.41, 5.74) is 8.00. The van der Waals surface area contributed by atoms with E-state index >= 15 is 0 Å². The summed E-state index contributed by atoms with van der Waals surface area (Å²) in [4.78, 5) is 4.39. The number of benzene rings is 1. The quantitative estimate of drug-likeness (QED) is 0.779. The molecule has 0 fully saturated rings. The lowest BCUT2D eigenvalue weighted by Crippen LogP contribution is -2.32. The van der Waals surface area contributed by atoms with E-state index in [0.717, 1.165) is 31.7 Å². The first kappa shape index (κ1) is 14.3. The fourth-order valence-corrected chi connectivity index (χ4v) is 1.86. The van der Waals surface area contributed by atoms with Gasteiger partial charge in [-0.15, -0.1) is 0 Å². The number of nitrogen functional groups attached to an aromatic ring is 1. The van der Waals surface area contributed by atoms with Crippen molar-refractivity contribution in [3.63, 3.8) is 0 Å². The van der Waals surface area contributed by atoms with Crippen molar-refractivity contribution in [3.05, 3.63) is 23.8 Å². The van der Waals surface area contributed by atoms with Gasteiger partial charge in [0.2, 0.25) is 0 Å². The Labute approximate surface area is 110 Å². The van der Waals surface area contributed by atoms with Crippen molar-refractivity contribution in [2.45, 2.75) is 13.3 Å². The molecule has 0 aliphatic carbocycles. The van der Waals surface area contributed by atoms with E-state index < -0.39 is 0 Å². The highest BCUT2D eigenvalue weighted by Crippen LogP contribution is 2.22. The summed E-state index contributed by atoms with van der Waals surface area (Å²) in [6.07, 6.45) is 1.06. The van der Waals surface area contributed by atoms with Crippen molar-refractivity contribution in [2.24, 2.45) is 0 Å². The highest BCUT2D eigenvalue weighted by atomic mass is 15.2. The Morgan fingerprint density at radius 3 is 2.50 bits per heavy atom. The van der Waals surface area contributed by atoms with Gasteiger partial charge in [0.25, 0.3) is 0 Å². The molecule has 4 nitrogen and oxygen atoms in total. The Kier molecular flexibility index (Phi) is 5.47. The molecule has 98 valence electrons. The minimum atomic E-state index is 0.638. The van der Waals surface area contributed by atoms with E-state index in [-0.39, 0.29) is 0 Å². The minimum absolute atomic E-state index is 0.638. The first-order valence-electron chi connectivity index (χ1n) is 6.27. The van der Waals surface area contributed by atoms with Crippen LogP contribution in [0.15, 0.2) is 18.2 Å². The topological polar surface area (TPSA) is 56.3 Å². The number of likely N-dealkylation sites (N-methyl/N-ethyl adjacent to an activating group) is 1. The molecule has 2 N–H and O–H groups in total. The van der Waals surface area contributed by atoms with Gasteiger partial charge in [-0.25, -0.2) is 0 Å². The van der Waals surface area contributed by atoms with E-state index in [2.05, 4.69) is 36.9 Å². The molecular weight excluding hydrogens is 224 g/mol.